The predicted octanol–water partition coefficient (Wildman–Crippen LogP) is 2.05. The number of ether oxygens (including phenoxy) is 2. The Hall–Kier alpha value is -3.26. The number of benzene rings is 2. The summed E-state index contributed by atoms with van der Waals surface area (Å²) in [4.78, 5) is 29.2. The molecule has 2 heterocycles. The summed E-state index contributed by atoms with van der Waals surface area (Å²) in [6, 6.07) is 13.9. The Labute approximate surface area is 188 Å². The van der Waals surface area contributed by atoms with Crippen LogP contribution in [0.5, 0.6) is 11.5 Å². The second-order valence-corrected chi connectivity index (χ2v) is 8.33. The third-order valence-electron chi connectivity index (χ3n) is 5.93. The maximum atomic E-state index is 12.5. The number of likely N-dealkylation sites (tertiary alicyclic amines) is 1. The minimum Gasteiger partial charge on any atom is -0.454 e. The lowest BCUT2D eigenvalue weighted by Crippen LogP contribution is -2.43. The molecule has 2 aliphatic rings. The van der Waals surface area contributed by atoms with E-state index in [9.17, 15) is 9.59 Å². The van der Waals surface area contributed by atoms with Crippen LogP contribution in [0.25, 0.3) is 0 Å². The van der Waals surface area contributed by atoms with Gasteiger partial charge in [-0.15, -0.1) is 0 Å². The second-order valence-electron chi connectivity index (χ2n) is 8.33. The zero-order chi connectivity index (χ0) is 22.5. The third-order valence-corrected chi connectivity index (χ3v) is 5.93. The Kier molecular flexibility index (Phi) is 6.80. The maximum Gasteiger partial charge on any atom is 0.309 e. The van der Waals surface area contributed by atoms with Crippen molar-refractivity contribution in [2.24, 2.45) is 0 Å². The first-order chi connectivity index (χ1) is 15.5. The van der Waals surface area contributed by atoms with E-state index >= 15 is 0 Å². The van der Waals surface area contributed by atoms with Gasteiger partial charge in [0.15, 0.2) is 11.5 Å². The number of anilines is 1. The normalized spacial score (nSPS) is 15.9. The van der Waals surface area contributed by atoms with E-state index < -0.39 is 11.8 Å². The number of fused-ring (bicyclic) bond motifs is 1. The smallest absolute Gasteiger partial charge is 0.309 e. The van der Waals surface area contributed by atoms with Gasteiger partial charge in [-0.05, 0) is 61.3 Å². The molecule has 170 valence electrons. The first-order valence-corrected chi connectivity index (χ1v) is 11.0. The van der Waals surface area contributed by atoms with Gasteiger partial charge in [0.25, 0.3) is 0 Å². The zero-order valence-electron chi connectivity index (χ0n) is 18.6. The summed E-state index contributed by atoms with van der Waals surface area (Å²) in [7, 11) is 4.02. The number of carbonyl (C=O) groups excluding carboxylic acids is 2. The van der Waals surface area contributed by atoms with E-state index in [1.807, 2.05) is 20.2 Å². The van der Waals surface area contributed by atoms with E-state index in [2.05, 4.69) is 44.7 Å². The first-order valence-electron chi connectivity index (χ1n) is 11.0. The van der Waals surface area contributed by atoms with Crippen LogP contribution in [0.4, 0.5) is 5.69 Å². The van der Waals surface area contributed by atoms with Gasteiger partial charge in [-0.25, -0.2) is 0 Å². The van der Waals surface area contributed by atoms with Gasteiger partial charge in [0.1, 0.15) is 0 Å². The summed E-state index contributed by atoms with van der Waals surface area (Å²) < 4.78 is 10.6. The van der Waals surface area contributed by atoms with Crippen molar-refractivity contribution in [2.75, 3.05) is 45.4 Å². The van der Waals surface area contributed by atoms with E-state index in [1.165, 1.54) is 0 Å². The summed E-state index contributed by atoms with van der Waals surface area (Å²) in [6.07, 6.45) is 2.30. The molecule has 0 spiro atoms. The van der Waals surface area contributed by atoms with Crippen LogP contribution in [0.1, 0.15) is 30.0 Å². The summed E-state index contributed by atoms with van der Waals surface area (Å²) in [6.45, 7) is 2.81. The molecule has 0 radical (unpaired) electrons. The fourth-order valence-electron chi connectivity index (χ4n) is 4.09. The summed E-state index contributed by atoms with van der Waals surface area (Å²) in [5.41, 5.74) is 3.10. The quantitative estimate of drug-likeness (QED) is 0.644. The van der Waals surface area contributed by atoms with Crippen LogP contribution in [0.3, 0.4) is 0 Å². The average molecular weight is 439 g/mol. The molecule has 4 rings (SSSR count). The Morgan fingerprint density at radius 2 is 1.66 bits per heavy atom. The highest BCUT2D eigenvalue weighted by atomic mass is 16.7. The molecular formula is C24H30N4O4. The van der Waals surface area contributed by atoms with E-state index in [4.69, 9.17) is 9.47 Å². The molecule has 2 aromatic carbocycles. The van der Waals surface area contributed by atoms with Crippen LogP contribution in [0.15, 0.2) is 42.5 Å². The van der Waals surface area contributed by atoms with Crippen LogP contribution in [0.2, 0.25) is 0 Å². The van der Waals surface area contributed by atoms with Gasteiger partial charge in [0.05, 0.1) is 6.04 Å². The van der Waals surface area contributed by atoms with Crippen LogP contribution in [0, 0.1) is 0 Å². The van der Waals surface area contributed by atoms with Crippen molar-refractivity contribution in [3.8, 4) is 11.5 Å². The number of hydrogen-bond acceptors (Lipinski definition) is 6. The van der Waals surface area contributed by atoms with Crippen molar-refractivity contribution in [1.29, 1.82) is 0 Å². The molecule has 0 saturated carbocycles. The molecule has 8 heteroatoms. The number of amides is 2. The minimum atomic E-state index is -0.647. The van der Waals surface area contributed by atoms with Crippen molar-refractivity contribution in [3.05, 3.63) is 53.6 Å². The fourth-order valence-corrected chi connectivity index (χ4v) is 4.09. The van der Waals surface area contributed by atoms with Crippen molar-refractivity contribution in [3.63, 3.8) is 0 Å². The van der Waals surface area contributed by atoms with Gasteiger partial charge < -0.3 is 25.0 Å². The standard InChI is InChI=1S/C24H30N4O4/c1-27(2)19-8-6-18(7-9-19)20(28-11-3-4-12-28)15-26-24(30)23(29)25-14-17-5-10-21-22(13-17)32-16-31-21/h5-10,13,20H,3-4,11-12,14-16H2,1-2H3,(H,25,29)(H,26,30)/t20-/m1/s1. The Morgan fingerprint density at radius 1 is 0.969 bits per heavy atom. The van der Waals surface area contributed by atoms with Gasteiger partial charge in [-0.3, -0.25) is 14.5 Å². The third kappa shape index (κ3) is 5.13. The van der Waals surface area contributed by atoms with E-state index in [1.54, 1.807) is 12.1 Å². The molecule has 2 aliphatic heterocycles. The van der Waals surface area contributed by atoms with Crippen LogP contribution in [-0.4, -0.2) is 57.2 Å². The molecule has 1 fully saturated rings. The highest BCUT2D eigenvalue weighted by molar-refractivity contribution is 6.35. The Balaban J connectivity index is 1.33. The lowest BCUT2D eigenvalue weighted by atomic mass is 10.0. The van der Waals surface area contributed by atoms with Gasteiger partial charge >= 0.3 is 11.8 Å². The van der Waals surface area contributed by atoms with Gasteiger partial charge in [-0.2, -0.15) is 0 Å². The molecule has 32 heavy (non-hydrogen) atoms. The van der Waals surface area contributed by atoms with E-state index in [0.29, 0.717) is 18.0 Å². The highest BCUT2D eigenvalue weighted by Crippen LogP contribution is 2.32. The van der Waals surface area contributed by atoms with Gasteiger partial charge in [0.2, 0.25) is 6.79 Å². The predicted molar refractivity (Wildman–Crippen MR) is 122 cm³/mol. The van der Waals surface area contributed by atoms with Crippen molar-refractivity contribution < 1.29 is 19.1 Å². The summed E-state index contributed by atoms with van der Waals surface area (Å²) in [5.74, 6) is 0.0602. The second kappa shape index (κ2) is 9.91. The Morgan fingerprint density at radius 3 is 2.38 bits per heavy atom. The van der Waals surface area contributed by atoms with Crippen molar-refractivity contribution in [1.82, 2.24) is 15.5 Å². The van der Waals surface area contributed by atoms with Crippen molar-refractivity contribution in [2.45, 2.75) is 25.4 Å². The van der Waals surface area contributed by atoms with E-state index in [-0.39, 0.29) is 19.4 Å². The molecule has 2 aromatic rings. The lowest BCUT2D eigenvalue weighted by Gasteiger charge is -2.28. The minimum absolute atomic E-state index is 0.0410. The summed E-state index contributed by atoms with van der Waals surface area (Å²) in [5, 5.41) is 5.50. The number of carbonyl (C=O) groups is 2. The maximum absolute atomic E-state index is 12.5. The number of nitrogens with zero attached hydrogens (tertiary/aromatic N) is 2. The van der Waals surface area contributed by atoms with Gasteiger partial charge in [0, 0.05) is 32.9 Å². The van der Waals surface area contributed by atoms with Gasteiger partial charge in [-0.1, -0.05) is 18.2 Å². The highest BCUT2D eigenvalue weighted by Gasteiger charge is 2.25. The van der Waals surface area contributed by atoms with Crippen LogP contribution >= 0.6 is 0 Å². The topological polar surface area (TPSA) is 83.1 Å². The Bertz CT molecular complexity index is 955. The molecule has 0 unspecified atom stereocenters. The number of hydrogen-bond donors (Lipinski definition) is 2. The molecule has 1 saturated heterocycles. The number of nitrogens with one attached hydrogen (secondary N) is 2. The number of rotatable bonds is 7. The van der Waals surface area contributed by atoms with Crippen LogP contribution in [-0.2, 0) is 16.1 Å². The molecule has 1 atom stereocenters. The van der Waals surface area contributed by atoms with E-state index in [0.717, 1.165) is 42.7 Å². The molecule has 2 N–H and O–H groups in total. The van der Waals surface area contributed by atoms with Crippen LogP contribution < -0.4 is 25.0 Å². The molecule has 0 bridgehead atoms. The molecule has 0 aromatic heterocycles. The monoisotopic (exact) mass is 438 g/mol. The van der Waals surface area contributed by atoms with Crippen molar-refractivity contribution >= 4 is 17.5 Å². The largest absolute Gasteiger partial charge is 0.454 e. The SMILES string of the molecule is CN(C)c1ccc([C@@H](CNC(=O)C(=O)NCc2ccc3c(c2)OCO3)N2CCCC2)cc1. The molecule has 8 nitrogen and oxygen atoms in total. The zero-order valence-corrected chi connectivity index (χ0v) is 18.6. The first kappa shape index (κ1) is 22.0. The summed E-state index contributed by atoms with van der Waals surface area (Å²) >= 11 is 0. The molecular weight excluding hydrogens is 408 g/mol. The average Bonchev–Trinajstić information content (AvgIpc) is 3.49. The fraction of sp³-hybridized carbons (Fsp3) is 0.417. The lowest BCUT2D eigenvalue weighted by molar-refractivity contribution is -0.139. The molecule has 2 amide bonds. The molecule has 0 aliphatic carbocycles.